The minimum absolute atomic E-state index is 0.0371. The Kier molecular flexibility index (Phi) is 5.52. The molecule has 0 radical (unpaired) electrons. The van der Waals surface area contributed by atoms with E-state index in [1.54, 1.807) is 24.3 Å². The molecule has 27 heavy (non-hydrogen) atoms. The highest BCUT2D eigenvalue weighted by atomic mass is 35.5. The van der Waals surface area contributed by atoms with E-state index in [0.29, 0.717) is 10.7 Å². The van der Waals surface area contributed by atoms with E-state index >= 15 is 0 Å². The van der Waals surface area contributed by atoms with Gasteiger partial charge in [-0.25, -0.2) is 4.39 Å². The third-order valence-corrected chi connectivity index (χ3v) is 4.17. The number of amides is 1. The Morgan fingerprint density at radius 1 is 1.22 bits per heavy atom. The average molecular weight is 388 g/mol. The van der Waals surface area contributed by atoms with Crippen LogP contribution in [0.25, 0.3) is 5.69 Å². The lowest BCUT2D eigenvalue weighted by molar-refractivity contribution is 0.0940. The van der Waals surface area contributed by atoms with E-state index < -0.39 is 17.3 Å². The molecule has 0 saturated carbocycles. The summed E-state index contributed by atoms with van der Waals surface area (Å²) in [6.45, 7) is 0.180. The highest BCUT2D eigenvalue weighted by Gasteiger charge is 2.18. The van der Waals surface area contributed by atoms with Gasteiger partial charge in [-0.15, -0.1) is 0 Å². The predicted octanol–water partition coefficient (Wildman–Crippen LogP) is 2.96. The van der Waals surface area contributed by atoms with Crippen molar-refractivity contribution in [2.24, 2.45) is 0 Å². The lowest BCUT2D eigenvalue weighted by atomic mass is 10.2. The van der Waals surface area contributed by atoms with Crippen molar-refractivity contribution in [3.63, 3.8) is 0 Å². The molecule has 1 amide bonds. The minimum atomic E-state index is -0.539. The zero-order valence-electron chi connectivity index (χ0n) is 14.3. The lowest BCUT2D eigenvalue weighted by Gasteiger charge is -2.12. The number of aromatic nitrogens is 2. The molecule has 1 N–H and O–H groups in total. The van der Waals surface area contributed by atoms with Crippen molar-refractivity contribution in [3.05, 3.63) is 87.0 Å². The Hall–Kier alpha value is -3.19. The molecule has 0 spiro atoms. The molecule has 0 fully saturated rings. The molecule has 0 aliphatic carbocycles. The number of carbonyl (C=O) groups excluding carboxylic acids is 1. The van der Waals surface area contributed by atoms with Crippen molar-refractivity contribution < 1.29 is 13.9 Å². The largest absolute Gasteiger partial charge is 0.494 e. The summed E-state index contributed by atoms with van der Waals surface area (Å²) >= 11 is 6.08. The Morgan fingerprint density at radius 3 is 2.59 bits per heavy atom. The zero-order chi connectivity index (χ0) is 19.4. The molecule has 138 valence electrons. The molecule has 6 nitrogen and oxygen atoms in total. The Labute approximate surface area is 159 Å². The SMILES string of the molecule is COc1cc(=O)n(-c2ccc(F)cc2)nc1C(=O)NCc1ccccc1Cl. The molecular formula is C19H15ClFN3O3. The smallest absolute Gasteiger partial charge is 0.275 e. The second kappa shape index (κ2) is 8.01. The molecule has 0 saturated heterocycles. The fourth-order valence-electron chi connectivity index (χ4n) is 2.42. The van der Waals surface area contributed by atoms with Crippen molar-refractivity contribution in [1.29, 1.82) is 0 Å². The summed E-state index contributed by atoms with van der Waals surface area (Å²) in [6.07, 6.45) is 0. The van der Waals surface area contributed by atoms with E-state index in [2.05, 4.69) is 10.4 Å². The molecule has 1 heterocycles. The van der Waals surface area contributed by atoms with Gasteiger partial charge in [-0.3, -0.25) is 9.59 Å². The van der Waals surface area contributed by atoms with E-state index in [1.165, 1.54) is 31.4 Å². The van der Waals surface area contributed by atoms with Gasteiger partial charge < -0.3 is 10.1 Å². The van der Waals surface area contributed by atoms with E-state index in [0.717, 1.165) is 16.3 Å². The quantitative estimate of drug-likeness (QED) is 0.730. The number of hydrogen-bond acceptors (Lipinski definition) is 4. The first-order valence-corrected chi connectivity index (χ1v) is 8.33. The van der Waals surface area contributed by atoms with Crippen LogP contribution in [0.4, 0.5) is 4.39 Å². The average Bonchev–Trinajstić information content (AvgIpc) is 2.67. The van der Waals surface area contributed by atoms with Gasteiger partial charge in [-0.1, -0.05) is 29.8 Å². The van der Waals surface area contributed by atoms with Gasteiger partial charge in [0.1, 0.15) is 5.82 Å². The van der Waals surface area contributed by atoms with Gasteiger partial charge in [0.25, 0.3) is 11.5 Å². The van der Waals surface area contributed by atoms with Gasteiger partial charge >= 0.3 is 0 Å². The summed E-state index contributed by atoms with van der Waals surface area (Å²) in [7, 11) is 1.34. The molecule has 0 aliphatic heterocycles. The molecule has 0 bridgehead atoms. The van der Waals surface area contributed by atoms with Crippen molar-refractivity contribution in [3.8, 4) is 11.4 Å². The summed E-state index contributed by atoms with van der Waals surface area (Å²) in [4.78, 5) is 24.8. The zero-order valence-corrected chi connectivity index (χ0v) is 15.0. The first kappa shape index (κ1) is 18.6. The van der Waals surface area contributed by atoms with Gasteiger partial charge in [0.05, 0.1) is 18.9 Å². The van der Waals surface area contributed by atoms with Crippen LogP contribution in [0.1, 0.15) is 16.1 Å². The van der Waals surface area contributed by atoms with Crippen molar-refractivity contribution in [2.75, 3.05) is 7.11 Å². The van der Waals surface area contributed by atoms with Crippen LogP contribution in [0.2, 0.25) is 5.02 Å². The predicted molar refractivity (Wildman–Crippen MR) is 99.0 cm³/mol. The van der Waals surface area contributed by atoms with Gasteiger partial charge in [-0.05, 0) is 35.9 Å². The first-order valence-electron chi connectivity index (χ1n) is 7.95. The number of ether oxygens (including phenoxy) is 1. The number of benzene rings is 2. The third kappa shape index (κ3) is 4.15. The standard InChI is InChI=1S/C19H15ClFN3O3/c1-27-16-10-17(25)24(14-8-6-13(21)7-9-14)23-18(16)19(26)22-11-12-4-2-3-5-15(12)20/h2-10H,11H2,1H3,(H,22,26). The molecular weight excluding hydrogens is 373 g/mol. The second-order valence-electron chi connectivity index (χ2n) is 5.56. The second-order valence-corrected chi connectivity index (χ2v) is 5.97. The lowest BCUT2D eigenvalue weighted by Crippen LogP contribution is -2.29. The van der Waals surface area contributed by atoms with E-state index in [1.807, 2.05) is 0 Å². The van der Waals surface area contributed by atoms with Crippen LogP contribution in [0.5, 0.6) is 5.75 Å². The summed E-state index contributed by atoms with van der Waals surface area (Å²) < 4.78 is 19.2. The van der Waals surface area contributed by atoms with E-state index in [-0.39, 0.29) is 18.0 Å². The normalized spacial score (nSPS) is 10.5. The number of hydrogen-bond donors (Lipinski definition) is 1. The van der Waals surface area contributed by atoms with Crippen molar-refractivity contribution in [2.45, 2.75) is 6.54 Å². The first-order chi connectivity index (χ1) is 13.0. The van der Waals surface area contributed by atoms with Crippen LogP contribution in [0, 0.1) is 5.82 Å². The van der Waals surface area contributed by atoms with Crippen LogP contribution in [-0.4, -0.2) is 22.8 Å². The van der Waals surface area contributed by atoms with Crippen LogP contribution >= 0.6 is 11.6 Å². The number of carbonyl (C=O) groups is 1. The highest BCUT2D eigenvalue weighted by Crippen LogP contribution is 2.17. The maximum absolute atomic E-state index is 13.1. The van der Waals surface area contributed by atoms with Crippen LogP contribution in [-0.2, 0) is 6.54 Å². The van der Waals surface area contributed by atoms with Crippen LogP contribution < -0.4 is 15.6 Å². The summed E-state index contributed by atoms with van der Waals surface area (Å²) in [5.74, 6) is -0.948. The maximum Gasteiger partial charge on any atom is 0.275 e. The molecule has 3 rings (SSSR count). The maximum atomic E-state index is 13.1. The molecule has 0 unspecified atom stereocenters. The van der Waals surface area contributed by atoms with Crippen molar-refractivity contribution >= 4 is 17.5 Å². The highest BCUT2D eigenvalue weighted by molar-refractivity contribution is 6.31. The van der Waals surface area contributed by atoms with Gasteiger partial charge in [0.2, 0.25) is 0 Å². The molecule has 2 aromatic carbocycles. The van der Waals surface area contributed by atoms with Gasteiger partial charge in [-0.2, -0.15) is 9.78 Å². The third-order valence-electron chi connectivity index (χ3n) is 3.80. The van der Waals surface area contributed by atoms with Gasteiger partial charge in [0, 0.05) is 11.6 Å². The monoisotopic (exact) mass is 387 g/mol. The molecule has 0 aliphatic rings. The number of rotatable bonds is 5. The van der Waals surface area contributed by atoms with Gasteiger partial charge in [0.15, 0.2) is 11.4 Å². The summed E-state index contributed by atoms with van der Waals surface area (Å²) in [6, 6.07) is 13.4. The molecule has 0 atom stereocenters. The van der Waals surface area contributed by atoms with Crippen LogP contribution in [0.3, 0.4) is 0 Å². The van der Waals surface area contributed by atoms with E-state index in [9.17, 15) is 14.0 Å². The Bertz CT molecular complexity index is 1040. The Balaban J connectivity index is 1.92. The minimum Gasteiger partial charge on any atom is -0.494 e. The number of nitrogens with one attached hydrogen (secondary N) is 1. The molecule has 8 heteroatoms. The van der Waals surface area contributed by atoms with Crippen LogP contribution in [0.15, 0.2) is 59.4 Å². The summed E-state index contributed by atoms with van der Waals surface area (Å²) in [5, 5.41) is 7.31. The summed E-state index contributed by atoms with van der Waals surface area (Å²) in [5.41, 5.74) is 0.470. The molecule has 1 aromatic heterocycles. The molecule has 3 aromatic rings. The fraction of sp³-hybridized carbons (Fsp3) is 0.105. The topological polar surface area (TPSA) is 73.2 Å². The fourth-order valence-corrected chi connectivity index (χ4v) is 2.62. The Morgan fingerprint density at radius 2 is 1.93 bits per heavy atom. The number of nitrogens with zero attached hydrogens (tertiary/aromatic N) is 2. The number of halogens is 2. The number of methoxy groups -OCH3 is 1. The van der Waals surface area contributed by atoms with E-state index in [4.69, 9.17) is 16.3 Å². The van der Waals surface area contributed by atoms with Crippen molar-refractivity contribution in [1.82, 2.24) is 15.1 Å².